The van der Waals surface area contributed by atoms with Gasteiger partial charge in [0.15, 0.2) is 0 Å². The number of azo groups is 1. The lowest BCUT2D eigenvalue weighted by molar-refractivity contribution is 0.476. The average Bonchev–Trinajstić information content (AvgIpc) is 3.09. The normalized spacial score (nSPS) is 11.3. The van der Waals surface area contributed by atoms with Crippen LogP contribution < -0.4 is 4.90 Å². The van der Waals surface area contributed by atoms with Gasteiger partial charge in [-0.25, -0.2) is 0 Å². The third kappa shape index (κ3) is 5.77. The number of hydrogen-bond acceptors (Lipinski definition) is 7. The van der Waals surface area contributed by atoms with Crippen LogP contribution in [0.3, 0.4) is 0 Å². The molecule has 0 spiro atoms. The summed E-state index contributed by atoms with van der Waals surface area (Å²) in [4.78, 5) is 2.33. The van der Waals surface area contributed by atoms with Crippen LogP contribution in [0, 0.1) is 0 Å². The largest absolute Gasteiger partial charge is 0.506 e. The highest BCUT2D eigenvalue weighted by Crippen LogP contribution is 2.33. The molecule has 7 heteroatoms. The third-order valence-electron chi connectivity index (χ3n) is 3.89. The second-order valence-corrected chi connectivity index (χ2v) is 6.94. The predicted molar refractivity (Wildman–Crippen MR) is 104 cm³/mol. The summed E-state index contributed by atoms with van der Waals surface area (Å²) in [6.07, 6.45) is 5.43. The molecule has 0 aliphatic rings. The minimum atomic E-state index is 0.138. The molecule has 136 valence electrons. The molecule has 0 bridgehead atoms. The smallest absolute Gasteiger partial charge is 0.251 e. The Morgan fingerprint density at radius 2 is 1.76 bits per heavy atom. The van der Waals surface area contributed by atoms with Gasteiger partial charge >= 0.3 is 0 Å². The highest BCUT2D eigenvalue weighted by molar-refractivity contribution is 7.14. The van der Waals surface area contributed by atoms with Gasteiger partial charge in [0.2, 0.25) is 0 Å². The van der Waals surface area contributed by atoms with Crippen LogP contribution in [0.4, 0.5) is 16.5 Å². The van der Waals surface area contributed by atoms with Crippen molar-refractivity contribution in [3.8, 4) is 5.75 Å². The van der Waals surface area contributed by atoms with Gasteiger partial charge in [0.05, 0.1) is 0 Å². The van der Waals surface area contributed by atoms with Crippen LogP contribution in [-0.4, -0.2) is 28.4 Å². The van der Waals surface area contributed by atoms with Crippen LogP contribution in [0.15, 0.2) is 28.4 Å². The number of unbranched alkanes of at least 4 members (excludes halogenated alkanes) is 2. The summed E-state index contributed by atoms with van der Waals surface area (Å²) >= 11 is 1.41. The first-order valence-electron chi connectivity index (χ1n) is 9.00. The third-order valence-corrected chi connectivity index (χ3v) is 4.84. The molecular weight excluding hydrogens is 334 g/mol. The Labute approximate surface area is 153 Å². The first-order chi connectivity index (χ1) is 12.2. The van der Waals surface area contributed by atoms with E-state index in [0.29, 0.717) is 10.8 Å². The van der Waals surface area contributed by atoms with Crippen LogP contribution in [-0.2, 0) is 6.42 Å². The fourth-order valence-corrected chi connectivity index (χ4v) is 2.99. The van der Waals surface area contributed by atoms with Gasteiger partial charge < -0.3 is 10.0 Å². The molecule has 6 nitrogen and oxygen atoms in total. The van der Waals surface area contributed by atoms with Crippen LogP contribution >= 0.6 is 11.3 Å². The number of phenols is 1. The van der Waals surface area contributed by atoms with Crippen molar-refractivity contribution in [3.05, 3.63) is 23.2 Å². The molecule has 0 aliphatic heterocycles. The van der Waals surface area contributed by atoms with Gasteiger partial charge in [0.25, 0.3) is 5.13 Å². The molecule has 25 heavy (non-hydrogen) atoms. The van der Waals surface area contributed by atoms with Gasteiger partial charge in [-0.15, -0.1) is 20.4 Å². The lowest BCUT2D eigenvalue weighted by Crippen LogP contribution is -2.25. The van der Waals surface area contributed by atoms with E-state index < -0.39 is 0 Å². The molecule has 0 atom stereocenters. The predicted octanol–water partition coefficient (Wildman–Crippen LogP) is 5.63. The number of hydrogen-bond donors (Lipinski definition) is 1. The molecule has 2 rings (SSSR count). The summed E-state index contributed by atoms with van der Waals surface area (Å²) in [5.74, 6) is 0.138. The topological polar surface area (TPSA) is 74.0 Å². The van der Waals surface area contributed by atoms with Crippen LogP contribution in [0.25, 0.3) is 0 Å². The Morgan fingerprint density at radius 3 is 2.32 bits per heavy atom. The van der Waals surface area contributed by atoms with Crippen molar-refractivity contribution in [2.24, 2.45) is 10.2 Å². The Bertz CT molecular complexity index is 678. The minimum absolute atomic E-state index is 0.138. The zero-order valence-corrected chi connectivity index (χ0v) is 16.1. The zero-order valence-electron chi connectivity index (χ0n) is 15.3. The quantitative estimate of drug-likeness (QED) is 0.557. The number of aromatic hydroxyl groups is 1. The van der Waals surface area contributed by atoms with E-state index in [1.807, 2.05) is 13.0 Å². The van der Waals surface area contributed by atoms with Crippen LogP contribution in [0.5, 0.6) is 5.75 Å². The number of rotatable bonds is 10. The van der Waals surface area contributed by atoms with E-state index >= 15 is 0 Å². The van der Waals surface area contributed by atoms with Crippen molar-refractivity contribution < 1.29 is 5.11 Å². The summed E-state index contributed by atoms with van der Waals surface area (Å²) in [6.45, 7) is 8.41. The van der Waals surface area contributed by atoms with Crippen molar-refractivity contribution in [2.45, 2.75) is 52.9 Å². The van der Waals surface area contributed by atoms with E-state index in [-0.39, 0.29) is 5.75 Å². The number of phenolic OH excluding ortho intramolecular Hbond substituents is 1. The summed E-state index contributed by atoms with van der Waals surface area (Å²) in [7, 11) is 0. The van der Waals surface area contributed by atoms with Crippen LogP contribution in [0.2, 0.25) is 0 Å². The maximum Gasteiger partial charge on any atom is 0.251 e. The number of nitrogens with zero attached hydrogens (tertiary/aromatic N) is 5. The summed E-state index contributed by atoms with van der Waals surface area (Å²) in [5, 5.41) is 27.9. The summed E-state index contributed by atoms with van der Waals surface area (Å²) in [5.41, 5.74) is 1.48. The van der Waals surface area contributed by atoms with Gasteiger partial charge in [-0.05, 0) is 31.4 Å². The van der Waals surface area contributed by atoms with Crippen molar-refractivity contribution in [3.63, 3.8) is 0 Å². The molecular formula is C18H27N5OS. The molecule has 0 radical (unpaired) electrons. The Hall–Kier alpha value is -2.02. The Balaban J connectivity index is 2.11. The lowest BCUT2D eigenvalue weighted by Gasteiger charge is -2.25. The first kappa shape index (κ1) is 19.3. The average molecular weight is 362 g/mol. The molecule has 0 amide bonds. The Kier molecular flexibility index (Phi) is 7.78. The van der Waals surface area contributed by atoms with Crippen LogP contribution in [0.1, 0.15) is 51.5 Å². The molecule has 0 saturated heterocycles. The number of aromatic nitrogens is 2. The number of aryl methyl sites for hydroxylation is 1. The maximum absolute atomic E-state index is 10.3. The fourth-order valence-electron chi connectivity index (χ4n) is 2.39. The molecule has 1 heterocycles. The van der Waals surface area contributed by atoms with Gasteiger partial charge in [0.1, 0.15) is 16.4 Å². The van der Waals surface area contributed by atoms with Gasteiger partial charge in [-0.2, -0.15) is 0 Å². The summed E-state index contributed by atoms with van der Waals surface area (Å²) < 4.78 is 0. The fraction of sp³-hybridized carbons (Fsp3) is 0.556. The molecule has 0 fully saturated rings. The van der Waals surface area contributed by atoms with Crippen molar-refractivity contribution in [1.82, 2.24) is 10.2 Å². The van der Waals surface area contributed by atoms with E-state index in [2.05, 4.69) is 39.2 Å². The SMILES string of the molecule is CCCCN(CCCC)c1ccc(N=Nc2nnc(CC)s2)c(O)c1. The highest BCUT2D eigenvalue weighted by atomic mass is 32.1. The van der Waals surface area contributed by atoms with Gasteiger partial charge in [-0.3, -0.25) is 0 Å². The van der Waals surface area contributed by atoms with E-state index in [4.69, 9.17) is 0 Å². The van der Waals surface area contributed by atoms with E-state index in [1.54, 1.807) is 12.1 Å². The molecule has 1 aromatic carbocycles. The van der Waals surface area contributed by atoms with Gasteiger partial charge in [-0.1, -0.05) is 44.9 Å². The molecule has 1 aromatic heterocycles. The molecule has 0 aliphatic carbocycles. The number of benzene rings is 1. The second kappa shape index (κ2) is 10.1. The van der Waals surface area contributed by atoms with Crippen molar-refractivity contribution >= 4 is 27.8 Å². The zero-order chi connectivity index (χ0) is 18.1. The van der Waals surface area contributed by atoms with Gasteiger partial charge in [0, 0.05) is 24.8 Å². The molecule has 0 saturated carbocycles. The standard InChI is InChI=1S/C18H27N5OS/c1-4-7-11-23(12-8-5-2)14-9-10-15(16(24)13-14)19-21-18-22-20-17(6-3)25-18/h9-10,13,24H,4-8,11-12H2,1-3H3. The maximum atomic E-state index is 10.3. The van der Waals surface area contributed by atoms with Crippen molar-refractivity contribution in [2.75, 3.05) is 18.0 Å². The van der Waals surface area contributed by atoms with E-state index in [0.717, 1.165) is 55.9 Å². The van der Waals surface area contributed by atoms with E-state index in [9.17, 15) is 5.11 Å². The molecule has 2 aromatic rings. The highest BCUT2D eigenvalue weighted by Gasteiger charge is 2.09. The van der Waals surface area contributed by atoms with E-state index in [1.165, 1.54) is 11.3 Å². The monoisotopic (exact) mass is 361 g/mol. The minimum Gasteiger partial charge on any atom is -0.506 e. The lowest BCUT2D eigenvalue weighted by atomic mass is 10.2. The molecule has 1 N–H and O–H groups in total. The van der Waals surface area contributed by atoms with Crippen molar-refractivity contribution in [1.29, 1.82) is 0 Å². The summed E-state index contributed by atoms with van der Waals surface area (Å²) in [6, 6.07) is 5.58. The first-order valence-corrected chi connectivity index (χ1v) is 9.81. The number of anilines is 1. The molecule has 0 unspecified atom stereocenters. The Morgan fingerprint density at radius 1 is 1.04 bits per heavy atom. The second-order valence-electron chi connectivity index (χ2n) is 5.90.